The molecular weight excluding hydrogens is 280 g/mol. The van der Waals surface area contributed by atoms with Crippen molar-refractivity contribution in [1.82, 2.24) is 10.3 Å². The Morgan fingerprint density at radius 3 is 2.73 bits per heavy atom. The molecule has 0 unspecified atom stereocenters. The minimum atomic E-state index is -0.355. The number of pyridine rings is 1. The van der Waals surface area contributed by atoms with E-state index in [1.54, 1.807) is 12.3 Å². The topological polar surface area (TPSA) is 68.3 Å². The zero-order chi connectivity index (χ0) is 15.9. The largest absolute Gasteiger partial charge is 0.469 e. The van der Waals surface area contributed by atoms with Gasteiger partial charge in [0.1, 0.15) is 0 Å². The number of carbonyl (C=O) groups is 2. The molecule has 0 radical (unpaired) electrons. The summed E-state index contributed by atoms with van der Waals surface area (Å²) in [6, 6.07) is 9.78. The maximum Gasteiger partial charge on any atom is 0.307 e. The first-order valence-electron chi connectivity index (χ1n) is 6.97. The van der Waals surface area contributed by atoms with Crippen molar-refractivity contribution in [1.29, 1.82) is 0 Å². The van der Waals surface area contributed by atoms with Crippen LogP contribution in [0, 0.1) is 6.92 Å². The Morgan fingerprint density at radius 2 is 2.00 bits per heavy atom. The molecule has 0 bridgehead atoms. The van der Waals surface area contributed by atoms with E-state index in [1.165, 1.54) is 13.3 Å². The van der Waals surface area contributed by atoms with Crippen molar-refractivity contribution in [3.05, 3.63) is 53.9 Å². The van der Waals surface area contributed by atoms with Gasteiger partial charge in [0.05, 0.1) is 19.1 Å². The Kier molecular flexibility index (Phi) is 5.25. The fraction of sp³-hybridized carbons (Fsp3) is 0.235. The molecule has 1 aromatic carbocycles. The number of rotatable bonds is 5. The summed E-state index contributed by atoms with van der Waals surface area (Å²) in [6.45, 7) is 2.25. The van der Waals surface area contributed by atoms with E-state index < -0.39 is 0 Å². The summed E-state index contributed by atoms with van der Waals surface area (Å²) in [5, 5.41) is 2.67. The van der Waals surface area contributed by atoms with Crippen molar-refractivity contribution in [3.8, 4) is 11.1 Å². The summed E-state index contributed by atoms with van der Waals surface area (Å²) in [5.74, 6) is -0.613. The number of methoxy groups -OCH3 is 1. The molecule has 0 saturated heterocycles. The highest BCUT2D eigenvalue weighted by atomic mass is 16.5. The van der Waals surface area contributed by atoms with E-state index in [4.69, 9.17) is 0 Å². The van der Waals surface area contributed by atoms with Crippen molar-refractivity contribution in [2.45, 2.75) is 13.3 Å². The second kappa shape index (κ2) is 7.36. The number of aryl methyl sites for hydroxylation is 1. The van der Waals surface area contributed by atoms with Crippen LogP contribution in [0.25, 0.3) is 11.1 Å². The SMILES string of the molecule is COC(=O)CCNC(=O)c1cncc(-c2cccc(C)c2)c1. The van der Waals surface area contributed by atoms with Gasteiger partial charge in [0.2, 0.25) is 0 Å². The molecule has 22 heavy (non-hydrogen) atoms. The summed E-state index contributed by atoms with van der Waals surface area (Å²) in [5.41, 5.74) is 3.50. The van der Waals surface area contributed by atoms with Gasteiger partial charge in [-0.15, -0.1) is 0 Å². The summed E-state index contributed by atoms with van der Waals surface area (Å²) in [6.07, 6.45) is 3.38. The van der Waals surface area contributed by atoms with E-state index in [-0.39, 0.29) is 24.8 Å². The molecule has 2 aromatic rings. The van der Waals surface area contributed by atoms with Crippen molar-refractivity contribution >= 4 is 11.9 Å². The number of carbonyl (C=O) groups excluding carboxylic acids is 2. The van der Waals surface area contributed by atoms with Gasteiger partial charge in [-0.2, -0.15) is 0 Å². The van der Waals surface area contributed by atoms with Crippen LogP contribution in [0.2, 0.25) is 0 Å². The fourth-order valence-electron chi connectivity index (χ4n) is 2.03. The third kappa shape index (κ3) is 4.15. The molecule has 0 spiro atoms. The average molecular weight is 298 g/mol. The van der Waals surface area contributed by atoms with Crippen LogP contribution in [0.1, 0.15) is 22.3 Å². The number of nitrogens with one attached hydrogen (secondary N) is 1. The van der Waals surface area contributed by atoms with Crippen LogP contribution in [0.5, 0.6) is 0 Å². The van der Waals surface area contributed by atoms with Crippen LogP contribution in [0.4, 0.5) is 0 Å². The van der Waals surface area contributed by atoms with E-state index in [0.29, 0.717) is 5.56 Å². The lowest BCUT2D eigenvalue weighted by Crippen LogP contribution is -2.26. The number of aromatic nitrogens is 1. The second-order valence-electron chi connectivity index (χ2n) is 4.91. The van der Waals surface area contributed by atoms with Gasteiger partial charge in [-0.1, -0.05) is 29.8 Å². The van der Waals surface area contributed by atoms with Gasteiger partial charge in [0.15, 0.2) is 0 Å². The van der Waals surface area contributed by atoms with Gasteiger partial charge >= 0.3 is 5.97 Å². The molecule has 0 fully saturated rings. The van der Waals surface area contributed by atoms with Crippen molar-refractivity contribution in [2.24, 2.45) is 0 Å². The smallest absolute Gasteiger partial charge is 0.307 e. The predicted octanol–water partition coefficient (Wildman–Crippen LogP) is 2.35. The molecule has 1 N–H and O–H groups in total. The van der Waals surface area contributed by atoms with Crippen LogP contribution in [0.15, 0.2) is 42.7 Å². The Hall–Kier alpha value is -2.69. The Morgan fingerprint density at radius 1 is 1.18 bits per heavy atom. The van der Waals surface area contributed by atoms with Crippen molar-refractivity contribution in [3.63, 3.8) is 0 Å². The minimum absolute atomic E-state index is 0.146. The highest BCUT2D eigenvalue weighted by molar-refractivity contribution is 5.95. The average Bonchev–Trinajstić information content (AvgIpc) is 2.54. The third-order valence-corrected chi connectivity index (χ3v) is 3.19. The predicted molar refractivity (Wildman–Crippen MR) is 83.4 cm³/mol. The molecule has 114 valence electrons. The molecule has 1 amide bonds. The van der Waals surface area contributed by atoms with Gasteiger partial charge in [0.25, 0.3) is 5.91 Å². The summed E-state index contributed by atoms with van der Waals surface area (Å²) < 4.78 is 4.52. The first-order chi connectivity index (χ1) is 10.6. The standard InChI is InChI=1S/C17H18N2O3/c1-12-4-3-5-13(8-12)14-9-15(11-18-10-14)17(21)19-7-6-16(20)22-2/h3-5,8-11H,6-7H2,1-2H3,(H,19,21). The lowest BCUT2D eigenvalue weighted by molar-refractivity contribution is -0.140. The van der Waals surface area contributed by atoms with E-state index >= 15 is 0 Å². The number of ether oxygens (including phenoxy) is 1. The zero-order valence-corrected chi connectivity index (χ0v) is 12.6. The minimum Gasteiger partial charge on any atom is -0.469 e. The van der Waals surface area contributed by atoms with Gasteiger partial charge in [-0.25, -0.2) is 0 Å². The monoisotopic (exact) mass is 298 g/mol. The van der Waals surface area contributed by atoms with Crippen LogP contribution < -0.4 is 5.32 Å². The molecule has 2 rings (SSSR count). The number of hydrogen-bond donors (Lipinski definition) is 1. The quantitative estimate of drug-likeness (QED) is 0.860. The van der Waals surface area contributed by atoms with Gasteiger partial charge in [-0.05, 0) is 18.6 Å². The van der Waals surface area contributed by atoms with Crippen LogP contribution >= 0.6 is 0 Å². The second-order valence-corrected chi connectivity index (χ2v) is 4.91. The van der Waals surface area contributed by atoms with Gasteiger partial charge < -0.3 is 10.1 Å². The number of amides is 1. The lowest BCUT2D eigenvalue weighted by atomic mass is 10.0. The zero-order valence-electron chi connectivity index (χ0n) is 12.6. The molecule has 1 aromatic heterocycles. The Bertz CT molecular complexity index is 683. The molecular formula is C17H18N2O3. The number of esters is 1. The molecule has 5 heteroatoms. The van der Waals surface area contributed by atoms with Crippen molar-refractivity contribution in [2.75, 3.05) is 13.7 Å². The molecule has 5 nitrogen and oxygen atoms in total. The number of benzene rings is 1. The molecule has 0 aliphatic heterocycles. The van der Waals surface area contributed by atoms with Crippen molar-refractivity contribution < 1.29 is 14.3 Å². The lowest BCUT2D eigenvalue weighted by Gasteiger charge is -2.07. The normalized spacial score (nSPS) is 10.1. The van der Waals surface area contributed by atoms with Gasteiger partial charge in [0, 0.05) is 24.5 Å². The summed E-state index contributed by atoms with van der Waals surface area (Å²) in [4.78, 5) is 27.2. The third-order valence-electron chi connectivity index (χ3n) is 3.19. The van der Waals surface area contributed by atoms with Crippen LogP contribution in [0.3, 0.4) is 0 Å². The fourth-order valence-corrected chi connectivity index (χ4v) is 2.03. The number of nitrogens with zero attached hydrogens (tertiary/aromatic N) is 1. The van der Waals surface area contributed by atoms with E-state index in [9.17, 15) is 9.59 Å². The first kappa shape index (κ1) is 15.7. The Balaban J connectivity index is 2.08. The summed E-state index contributed by atoms with van der Waals surface area (Å²) >= 11 is 0. The maximum atomic E-state index is 12.1. The first-order valence-corrected chi connectivity index (χ1v) is 6.97. The van der Waals surface area contributed by atoms with E-state index in [1.807, 2.05) is 31.2 Å². The van der Waals surface area contributed by atoms with Gasteiger partial charge in [-0.3, -0.25) is 14.6 Å². The summed E-state index contributed by atoms with van der Waals surface area (Å²) in [7, 11) is 1.32. The van der Waals surface area contributed by atoms with E-state index in [0.717, 1.165) is 16.7 Å². The molecule has 1 heterocycles. The molecule has 0 atom stereocenters. The molecule has 0 saturated carbocycles. The molecule has 0 aliphatic carbocycles. The van der Waals surface area contributed by atoms with Crippen LogP contribution in [-0.4, -0.2) is 30.5 Å². The van der Waals surface area contributed by atoms with Crippen LogP contribution in [-0.2, 0) is 9.53 Å². The van der Waals surface area contributed by atoms with E-state index in [2.05, 4.69) is 15.0 Å². The highest BCUT2D eigenvalue weighted by Crippen LogP contribution is 2.20. The molecule has 0 aliphatic rings. The number of hydrogen-bond acceptors (Lipinski definition) is 4. The maximum absolute atomic E-state index is 12.1. The Labute approximate surface area is 129 Å². The highest BCUT2D eigenvalue weighted by Gasteiger charge is 2.09.